The van der Waals surface area contributed by atoms with Gasteiger partial charge in [-0.15, -0.1) is 0 Å². The standard InChI is InChI=1S/C11H10F2N2/c1-2-10-9(13)7-15(14-10)11-6-4-3-5-8(11)12/h3-7H,2H2,1H3. The van der Waals surface area contributed by atoms with Crippen molar-refractivity contribution >= 4 is 0 Å². The van der Waals surface area contributed by atoms with Crippen LogP contribution in [0.3, 0.4) is 0 Å². The molecule has 78 valence electrons. The molecule has 0 amide bonds. The number of benzene rings is 1. The lowest BCUT2D eigenvalue weighted by molar-refractivity contribution is 0.606. The van der Waals surface area contributed by atoms with Gasteiger partial charge in [-0.2, -0.15) is 5.10 Å². The third kappa shape index (κ3) is 1.75. The summed E-state index contributed by atoms with van der Waals surface area (Å²) in [6.45, 7) is 1.80. The fourth-order valence-electron chi connectivity index (χ4n) is 1.39. The van der Waals surface area contributed by atoms with Gasteiger partial charge in [-0.05, 0) is 18.6 Å². The number of nitrogens with zero attached hydrogens (tertiary/aromatic N) is 2. The Bertz CT molecular complexity index is 477. The van der Waals surface area contributed by atoms with Gasteiger partial charge < -0.3 is 0 Å². The summed E-state index contributed by atoms with van der Waals surface area (Å²) < 4.78 is 27.8. The molecule has 2 nitrogen and oxygen atoms in total. The predicted octanol–water partition coefficient (Wildman–Crippen LogP) is 2.71. The first-order valence-electron chi connectivity index (χ1n) is 4.71. The molecule has 1 heterocycles. The van der Waals surface area contributed by atoms with Crippen molar-refractivity contribution in [2.75, 3.05) is 0 Å². The van der Waals surface area contributed by atoms with Gasteiger partial charge in [-0.1, -0.05) is 19.1 Å². The van der Waals surface area contributed by atoms with Crippen LogP contribution in [0, 0.1) is 11.6 Å². The van der Waals surface area contributed by atoms with E-state index >= 15 is 0 Å². The summed E-state index contributed by atoms with van der Waals surface area (Å²) in [5.41, 5.74) is 0.606. The molecule has 0 saturated carbocycles. The minimum Gasteiger partial charge on any atom is -0.235 e. The van der Waals surface area contributed by atoms with Crippen molar-refractivity contribution in [3.63, 3.8) is 0 Å². The number of aromatic nitrogens is 2. The Kier molecular flexibility index (Phi) is 2.49. The van der Waals surface area contributed by atoms with Gasteiger partial charge in [-0.25, -0.2) is 13.5 Å². The lowest BCUT2D eigenvalue weighted by Gasteiger charge is -2.01. The first-order chi connectivity index (χ1) is 7.22. The Morgan fingerprint density at radius 1 is 1.20 bits per heavy atom. The molecule has 0 fully saturated rings. The molecule has 0 bridgehead atoms. The van der Waals surface area contributed by atoms with Gasteiger partial charge in [0.05, 0.1) is 11.9 Å². The predicted molar refractivity (Wildman–Crippen MR) is 52.9 cm³/mol. The highest BCUT2D eigenvalue weighted by atomic mass is 19.1. The monoisotopic (exact) mass is 208 g/mol. The second kappa shape index (κ2) is 3.81. The summed E-state index contributed by atoms with van der Waals surface area (Å²) in [5, 5.41) is 3.96. The molecule has 0 N–H and O–H groups in total. The summed E-state index contributed by atoms with van der Waals surface area (Å²) in [7, 11) is 0. The average Bonchev–Trinajstić information content (AvgIpc) is 2.60. The summed E-state index contributed by atoms with van der Waals surface area (Å²) in [4.78, 5) is 0. The second-order valence-electron chi connectivity index (χ2n) is 3.17. The van der Waals surface area contributed by atoms with Crippen molar-refractivity contribution in [1.29, 1.82) is 0 Å². The van der Waals surface area contributed by atoms with Gasteiger partial charge >= 0.3 is 0 Å². The number of halogens is 2. The van der Waals surface area contributed by atoms with Crippen LogP contribution in [-0.4, -0.2) is 9.78 Å². The highest BCUT2D eigenvalue weighted by Gasteiger charge is 2.09. The number of hydrogen-bond donors (Lipinski definition) is 0. The van der Waals surface area contributed by atoms with E-state index in [0.717, 1.165) is 0 Å². The van der Waals surface area contributed by atoms with E-state index < -0.39 is 11.6 Å². The maximum absolute atomic E-state index is 13.3. The summed E-state index contributed by atoms with van der Waals surface area (Å²) in [6, 6.07) is 6.14. The van der Waals surface area contributed by atoms with Crippen LogP contribution in [-0.2, 0) is 6.42 Å². The molecule has 0 atom stereocenters. The molecule has 0 aliphatic rings. The van der Waals surface area contributed by atoms with E-state index in [9.17, 15) is 8.78 Å². The molecule has 0 aliphatic carbocycles. The molecule has 0 saturated heterocycles. The molecule has 0 spiro atoms. The quantitative estimate of drug-likeness (QED) is 0.742. The van der Waals surface area contributed by atoms with Crippen LogP contribution >= 0.6 is 0 Å². The first kappa shape index (κ1) is 9.83. The van der Waals surface area contributed by atoms with Crippen LogP contribution in [0.2, 0.25) is 0 Å². The van der Waals surface area contributed by atoms with E-state index in [1.54, 1.807) is 25.1 Å². The van der Waals surface area contributed by atoms with Crippen molar-refractivity contribution in [2.45, 2.75) is 13.3 Å². The van der Waals surface area contributed by atoms with Gasteiger partial charge in [0.1, 0.15) is 11.5 Å². The van der Waals surface area contributed by atoms with Gasteiger partial charge in [0.25, 0.3) is 0 Å². The van der Waals surface area contributed by atoms with Crippen LogP contribution in [0.5, 0.6) is 0 Å². The number of rotatable bonds is 2. The Hall–Kier alpha value is -1.71. The van der Waals surface area contributed by atoms with Gasteiger partial charge in [0.2, 0.25) is 0 Å². The van der Waals surface area contributed by atoms with E-state index in [0.29, 0.717) is 12.1 Å². The minimum atomic E-state index is -0.414. The normalized spacial score (nSPS) is 10.6. The highest BCUT2D eigenvalue weighted by molar-refractivity contribution is 5.32. The molecule has 2 aromatic rings. The van der Waals surface area contributed by atoms with Gasteiger partial charge in [-0.3, -0.25) is 0 Å². The van der Waals surface area contributed by atoms with Crippen LogP contribution < -0.4 is 0 Å². The first-order valence-corrected chi connectivity index (χ1v) is 4.71. The molecule has 2 rings (SSSR count). The Balaban J connectivity index is 2.50. The summed E-state index contributed by atoms with van der Waals surface area (Å²) in [5.74, 6) is -0.816. The number of para-hydroxylation sites is 1. The zero-order chi connectivity index (χ0) is 10.8. The van der Waals surface area contributed by atoms with Crippen molar-refractivity contribution in [3.05, 3.63) is 47.8 Å². The van der Waals surface area contributed by atoms with E-state index in [-0.39, 0.29) is 5.69 Å². The summed E-state index contributed by atoms with van der Waals surface area (Å²) >= 11 is 0. The third-order valence-corrected chi connectivity index (χ3v) is 2.17. The molecule has 15 heavy (non-hydrogen) atoms. The maximum atomic E-state index is 13.3. The smallest absolute Gasteiger partial charge is 0.164 e. The highest BCUT2D eigenvalue weighted by Crippen LogP contribution is 2.14. The van der Waals surface area contributed by atoms with Crippen molar-refractivity contribution in [3.8, 4) is 5.69 Å². The number of hydrogen-bond acceptors (Lipinski definition) is 1. The fraction of sp³-hybridized carbons (Fsp3) is 0.182. The zero-order valence-corrected chi connectivity index (χ0v) is 8.24. The van der Waals surface area contributed by atoms with E-state index in [2.05, 4.69) is 5.10 Å². The van der Waals surface area contributed by atoms with Crippen molar-refractivity contribution < 1.29 is 8.78 Å². The van der Waals surface area contributed by atoms with Crippen LogP contribution in [0.15, 0.2) is 30.5 Å². The van der Waals surface area contributed by atoms with Crippen LogP contribution in [0.4, 0.5) is 8.78 Å². The molecular weight excluding hydrogens is 198 g/mol. The largest absolute Gasteiger partial charge is 0.235 e. The molecule has 0 radical (unpaired) electrons. The topological polar surface area (TPSA) is 17.8 Å². The van der Waals surface area contributed by atoms with Gasteiger partial charge in [0.15, 0.2) is 5.82 Å². The Labute approximate surface area is 86.2 Å². The van der Waals surface area contributed by atoms with Crippen LogP contribution in [0.25, 0.3) is 5.69 Å². The second-order valence-corrected chi connectivity index (χ2v) is 3.17. The molecular formula is C11H10F2N2. The fourth-order valence-corrected chi connectivity index (χ4v) is 1.39. The van der Waals surface area contributed by atoms with E-state index in [1.165, 1.54) is 16.9 Å². The van der Waals surface area contributed by atoms with Gasteiger partial charge in [0, 0.05) is 0 Å². The van der Waals surface area contributed by atoms with Crippen molar-refractivity contribution in [1.82, 2.24) is 9.78 Å². The Morgan fingerprint density at radius 2 is 1.93 bits per heavy atom. The molecule has 4 heteroatoms. The van der Waals surface area contributed by atoms with Crippen LogP contribution in [0.1, 0.15) is 12.6 Å². The van der Waals surface area contributed by atoms with E-state index in [4.69, 9.17) is 0 Å². The average molecular weight is 208 g/mol. The lowest BCUT2D eigenvalue weighted by Crippen LogP contribution is -1.98. The maximum Gasteiger partial charge on any atom is 0.164 e. The molecule has 0 unspecified atom stereocenters. The molecule has 0 aliphatic heterocycles. The zero-order valence-electron chi connectivity index (χ0n) is 8.24. The summed E-state index contributed by atoms with van der Waals surface area (Å²) in [6.07, 6.45) is 1.69. The molecule has 1 aromatic heterocycles. The molecule has 1 aromatic carbocycles. The van der Waals surface area contributed by atoms with Crippen molar-refractivity contribution in [2.24, 2.45) is 0 Å². The lowest BCUT2D eigenvalue weighted by atomic mass is 10.3. The third-order valence-electron chi connectivity index (χ3n) is 2.17. The van der Waals surface area contributed by atoms with E-state index in [1.807, 2.05) is 0 Å². The SMILES string of the molecule is CCc1nn(-c2ccccc2F)cc1F. The number of aryl methyl sites for hydroxylation is 1. The minimum absolute atomic E-state index is 0.260. The Morgan fingerprint density at radius 3 is 2.53 bits per heavy atom.